The smallest absolute Gasteiger partial charge is 0.229 e. The molecule has 0 aliphatic carbocycles. The van der Waals surface area contributed by atoms with E-state index >= 15 is 0 Å². The van der Waals surface area contributed by atoms with Gasteiger partial charge in [0.05, 0.1) is 13.7 Å². The van der Waals surface area contributed by atoms with Crippen LogP contribution in [0.25, 0.3) is 22.3 Å². The standard InChI is InChI=1S/C22H22O11/c1-30-21-14(32-22-20(29)19(28)17(26)15(8-23)33-22)7-13-16(18(21)27)11(25)6-12(31-13)9-2-4-10(24)5-3-9/h2-7,15,17,19-20,22-24,26-29H,8H2,1H3/t15-,17-,19+,20-,22+/m1/s1. The Labute approximate surface area is 186 Å². The van der Waals surface area contributed by atoms with Gasteiger partial charge < -0.3 is 49.3 Å². The third-order valence-electron chi connectivity index (χ3n) is 5.36. The molecule has 0 unspecified atom stereocenters. The number of aliphatic hydroxyl groups excluding tert-OH is 4. The van der Waals surface area contributed by atoms with E-state index in [1.807, 2.05) is 0 Å². The van der Waals surface area contributed by atoms with Gasteiger partial charge in [-0.15, -0.1) is 0 Å². The van der Waals surface area contributed by atoms with Crippen molar-refractivity contribution < 1.29 is 49.3 Å². The molecular weight excluding hydrogens is 440 g/mol. The van der Waals surface area contributed by atoms with E-state index in [9.17, 15) is 35.4 Å². The molecule has 1 fully saturated rings. The first-order chi connectivity index (χ1) is 15.7. The topological polar surface area (TPSA) is 179 Å². The fourth-order valence-electron chi connectivity index (χ4n) is 3.60. The maximum absolute atomic E-state index is 12.7. The molecule has 176 valence electrons. The van der Waals surface area contributed by atoms with Crippen molar-refractivity contribution in [3.63, 3.8) is 0 Å². The van der Waals surface area contributed by atoms with E-state index in [0.717, 1.165) is 0 Å². The van der Waals surface area contributed by atoms with Crippen molar-refractivity contribution in [2.75, 3.05) is 13.7 Å². The molecule has 1 aliphatic heterocycles. The molecule has 0 bridgehead atoms. The lowest BCUT2D eigenvalue weighted by atomic mass is 9.99. The quantitative estimate of drug-likeness (QED) is 0.302. The second-order valence-corrected chi connectivity index (χ2v) is 7.47. The average molecular weight is 462 g/mol. The number of phenolic OH excluding ortho intramolecular Hbond substituents is 2. The summed E-state index contributed by atoms with van der Waals surface area (Å²) in [5.74, 6) is -0.863. The predicted molar refractivity (Wildman–Crippen MR) is 112 cm³/mol. The number of benzene rings is 2. The summed E-state index contributed by atoms with van der Waals surface area (Å²) in [6, 6.07) is 8.31. The van der Waals surface area contributed by atoms with Gasteiger partial charge in [-0.05, 0) is 24.3 Å². The third kappa shape index (κ3) is 4.08. The van der Waals surface area contributed by atoms with Crippen LogP contribution in [0.3, 0.4) is 0 Å². The number of fused-ring (bicyclic) bond motifs is 1. The van der Waals surface area contributed by atoms with Gasteiger partial charge in [-0.25, -0.2) is 0 Å². The first kappa shape index (κ1) is 22.8. The molecule has 0 amide bonds. The highest BCUT2D eigenvalue weighted by Crippen LogP contribution is 2.43. The van der Waals surface area contributed by atoms with Crippen molar-refractivity contribution in [1.82, 2.24) is 0 Å². The fourth-order valence-corrected chi connectivity index (χ4v) is 3.60. The Balaban J connectivity index is 1.79. The van der Waals surface area contributed by atoms with Gasteiger partial charge in [0, 0.05) is 17.7 Å². The molecule has 4 rings (SSSR count). The third-order valence-corrected chi connectivity index (χ3v) is 5.36. The molecule has 2 aromatic carbocycles. The average Bonchev–Trinajstić information content (AvgIpc) is 2.79. The van der Waals surface area contributed by atoms with E-state index < -0.39 is 48.5 Å². The van der Waals surface area contributed by atoms with Crippen molar-refractivity contribution in [3.8, 4) is 34.3 Å². The predicted octanol–water partition coefficient (Wildman–Crippen LogP) is 0.0585. The zero-order valence-electron chi connectivity index (χ0n) is 17.3. The van der Waals surface area contributed by atoms with Crippen LogP contribution >= 0.6 is 0 Å². The van der Waals surface area contributed by atoms with Crippen LogP contribution in [-0.4, -0.2) is 75.1 Å². The van der Waals surface area contributed by atoms with Crippen LogP contribution in [0.2, 0.25) is 0 Å². The van der Waals surface area contributed by atoms with E-state index in [-0.39, 0.29) is 34.0 Å². The molecule has 0 radical (unpaired) electrons. The number of methoxy groups -OCH3 is 1. The van der Waals surface area contributed by atoms with E-state index in [1.54, 1.807) is 0 Å². The fraction of sp³-hybridized carbons (Fsp3) is 0.318. The molecular formula is C22H22O11. The highest BCUT2D eigenvalue weighted by Gasteiger charge is 2.45. The second-order valence-electron chi connectivity index (χ2n) is 7.47. The summed E-state index contributed by atoms with van der Waals surface area (Å²) < 4.78 is 21.9. The summed E-state index contributed by atoms with van der Waals surface area (Å²) in [6.07, 6.45) is -7.74. The van der Waals surface area contributed by atoms with Crippen LogP contribution in [0, 0.1) is 0 Å². The molecule has 33 heavy (non-hydrogen) atoms. The summed E-state index contributed by atoms with van der Waals surface area (Å²) in [6.45, 7) is -0.657. The summed E-state index contributed by atoms with van der Waals surface area (Å²) in [4.78, 5) is 12.7. The number of phenols is 2. The first-order valence-electron chi connectivity index (χ1n) is 9.89. The van der Waals surface area contributed by atoms with Crippen molar-refractivity contribution >= 4 is 11.0 Å². The minimum Gasteiger partial charge on any atom is -0.508 e. The maximum Gasteiger partial charge on any atom is 0.229 e. The van der Waals surface area contributed by atoms with Crippen molar-refractivity contribution in [1.29, 1.82) is 0 Å². The minimum absolute atomic E-state index is 0.0273. The number of aliphatic hydroxyl groups is 4. The van der Waals surface area contributed by atoms with Crippen LogP contribution < -0.4 is 14.9 Å². The van der Waals surface area contributed by atoms with Crippen LogP contribution in [0.1, 0.15) is 0 Å². The molecule has 1 saturated heterocycles. The van der Waals surface area contributed by atoms with Crippen molar-refractivity contribution in [3.05, 3.63) is 46.6 Å². The number of rotatable bonds is 5. The van der Waals surface area contributed by atoms with E-state index in [2.05, 4.69) is 0 Å². The number of aromatic hydroxyl groups is 2. The van der Waals surface area contributed by atoms with Crippen molar-refractivity contribution in [2.45, 2.75) is 30.7 Å². The van der Waals surface area contributed by atoms with E-state index in [4.69, 9.17) is 18.6 Å². The molecule has 5 atom stereocenters. The number of ether oxygens (including phenoxy) is 3. The van der Waals surface area contributed by atoms with Gasteiger partial charge in [-0.1, -0.05) is 0 Å². The highest BCUT2D eigenvalue weighted by atomic mass is 16.7. The molecule has 6 N–H and O–H groups in total. The lowest BCUT2D eigenvalue weighted by Gasteiger charge is -2.39. The van der Waals surface area contributed by atoms with Gasteiger partial charge in [-0.3, -0.25) is 4.79 Å². The monoisotopic (exact) mass is 462 g/mol. The van der Waals surface area contributed by atoms with Crippen LogP contribution in [0.5, 0.6) is 23.0 Å². The molecule has 0 saturated carbocycles. The zero-order valence-corrected chi connectivity index (χ0v) is 17.3. The lowest BCUT2D eigenvalue weighted by molar-refractivity contribution is -0.277. The Hall–Kier alpha value is -3.35. The molecule has 11 nitrogen and oxygen atoms in total. The summed E-state index contributed by atoms with van der Waals surface area (Å²) in [5.41, 5.74) is -0.170. The molecule has 1 aromatic heterocycles. The van der Waals surface area contributed by atoms with Gasteiger partial charge in [0.2, 0.25) is 12.0 Å². The summed E-state index contributed by atoms with van der Waals surface area (Å²) >= 11 is 0. The highest BCUT2D eigenvalue weighted by molar-refractivity contribution is 5.89. The van der Waals surface area contributed by atoms with E-state index in [0.29, 0.717) is 5.56 Å². The van der Waals surface area contributed by atoms with Gasteiger partial charge >= 0.3 is 0 Å². The SMILES string of the molecule is COc1c(O[C@H]2O[C@H](CO)[C@@H](O)[C@H](O)[C@H]2O)cc2oc(-c3ccc(O)cc3)cc(=O)c2c1O. The van der Waals surface area contributed by atoms with Crippen molar-refractivity contribution in [2.24, 2.45) is 0 Å². The molecule has 2 heterocycles. The van der Waals surface area contributed by atoms with Gasteiger partial charge in [0.1, 0.15) is 46.9 Å². The summed E-state index contributed by atoms with van der Waals surface area (Å²) in [5, 5.41) is 59.5. The Kier molecular flexibility index (Phi) is 6.15. The largest absolute Gasteiger partial charge is 0.508 e. The normalized spacial score (nSPS) is 25.2. The Morgan fingerprint density at radius 1 is 1.00 bits per heavy atom. The Bertz CT molecular complexity index is 1200. The molecule has 0 spiro atoms. The second kappa shape index (κ2) is 8.89. The Morgan fingerprint density at radius 2 is 1.70 bits per heavy atom. The molecule has 3 aromatic rings. The zero-order chi connectivity index (χ0) is 23.9. The van der Waals surface area contributed by atoms with Gasteiger partial charge in [-0.2, -0.15) is 0 Å². The lowest BCUT2D eigenvalue weighted by Crippen LogP contribution is -2.60. The number of hydrogen-bond donors (Lipinski definition) is 6. The minimum atomic E-state index is -1.71. The molecule has 11 heteroatoms. The van der Waals surface area contributed by atoms with Crippen LogP contribution in [-0.2, 0) is 4.74 Å². The van der Waals surface area contributed by atoms with E-state index in [1.165, 1.54) is 43.5 Å². The van der Waals surface area contributed by atoms with Gasteiger partial charge in [0.15, 0.2) is 16.9 Å². The number of hydrogen-bond acceptors (Lipinski definition) is 11. The summed E-state index contributed by atoms with van der Waals surface area (Å²) in [7, 11) is 1.22. The first-order valence-corrected chi connectivity index (χ1v) is 9.89. The van der Waals surface area contributed by atoms with Crippen LogP contribution in [0.15, 0.2) is 45.6 Å². The maximum atomic E-state index is 12.7. The van der Waals surface area contributed by atoms with Gasteiger partial charge in [0.25, 0.3) is 0 Å². The molecule has 1 aliphatic rings. The Morgan fingerprint density at radius 3 is 2.33 bits per heavy atom. The van der Waals surface area contributed by atoms with Crippen LogP contribution in [0.4, 0.5) is 0 Å².